The molecule has 0 aliphatic heterocycles. The summed E-state index contributed by atoms with van der Waals surface area (Å²) in [6.07, 6.45) is 1.56. The summed E-state index contributed by atoms with van der Waals surface area (Å²) in [4.78, 5) is 11.4. The van der Waals surface area contributed by atoms with Crippen LogP contribution in [0.2, 0.25) is 5.02 Å². The van der Waals surface area contributed by atoms with Gasteiger partial charge in [0.2, 0.25) is 5.91 Å². The number of carbonyl (C=O) groups is 1. The first kappa shape index (κ1) is 13.0. The van der Waals surface area contributed by atoms with Gasteiger partial charge in [0.05, 0.1) is 23.5 Å². The fourth-order valence-electron chi connectivity index (χ4n) is 1.49. The topological polar surface area (TPSA) is 72.9 Å². The normalized spacial score (nSPS) is 14.8. The Bertz CT molecular complexity index is 390. The van der Waals surface area contributed by atoms with Crippen molar-refractivity contribution >= 4 is 17.5 Å². The first-order valence-electron chi connectivity index (χ1n) is 5.13. The number of nitrogens with two attached hydrogens (primary N) is 1. The van der Waals surface area contributed by atoms with Gasteiger partial charge in [0.15, 0.2) is 0 Å². The van der Waals surface area contributed by atoms with Crippen molar-refractivity contribution in [2.24, 2.45) is 5.73 Å². The Hall–Kier alpha value is -1.07. The molecule has 0 saturated carbocycles. The van der Waals surface area contributed by atoms with Crippen LogP contribution in [0.5, 0.6) is 0 Å². The monoisotopic (exact) mass is 244 g/mol. The summed E-state index contributed by atoms with van der Waals surface area (Å²) in [6, 6.07) is 0. The Morgan fingerprint density at radius 1 is 1.75 bits per heavy atom. The molecule has 0 bridgehead atoms. The molecule has 3 N–H and O–H groups in total. The second-order valence-electron chi connectivity index (χ2n) is 3.96. The second kappa shape index (κ2) is 4.84. The lowest BCUT2D eigenvalue weighted by Gasteiger charge is -2.27. The summed E-state index contributed by atoms with van der Waals surface area (Å²) in [5.74, 6) is -0.402. The molecule has 1 atom stereocenters. The van der Waals surface area contributed by atoms with Crippen LogP contribution in [0.25, 0.3) is 0 Å². The maximum absolute atomic E-state index is 11.4. The predicted molar refractivity (Wildman–Crippen MR) is 63.3 cm³/mol. The molecule has 1 unspecified atom stereocenters. The van der Waals surface area contributed by atoms with E-state index < -0.39 is 11.4 Å². The van der Waals surface area contributed by atoms with Gasteiger partial charge < -0.3 is 11.1 Å². The molecular formula is C10H17ClN4O. The van der Waals surface area contributed by atoms with E-state index in [1.807, 2.05) is 13.8 Å². The first-order chi connectivity index (χ1) is 7.40. The van der Waals surface area contributed by atoms with Gasteiger partial charge in [0.25, 0.3) is 0 Å². The van der Waals surface area contributed by atoms with E-state index in [0.717, 1.165) is 5.69 Å². The highest BCUT2D eigenvalue weighted by Crippen LogP contribution is 2.16. The molecule has 0 aliphatic rings. The van der Waals surface area contributed by atoms with Gasteiger partial charge in [-0.05, 0) is 20.4 Å². The van der Waals surface area contributed by atoms with E-state index in [0.29, 0.717) is 18.1 Å². The Balaban J connectivity index is 2.92. The molecule has 90 valence electrons. The highest BCUT2D eigenvalue weighted by Gasteiger charge is 2.31. The van der Waals surface area contributed by atoms with Gasteiger partial charge in [0.1, 0.15) is 5.54 Å². The van der Waals surface area contributed by atoms with E-state index in [-0.39, 0.29) is 0 Å². The molecule has 1 amide bonds. The van der Waals surface area contributed by atoms with Gasteiger partial charge in [-0.2, -0.15) is 5.10 Å². The van der Waals surface area contributed by atoms with Gasteiger partial charge in [0, 0.05) is 0 Å². The Morgan fingerprint density at radius 2 is 2.38 bits per heavy atom. The zero-order chi connectivity index (χ0) is 12.3. The van der Waals surface area contributed by atoms with Crippen molar-refractivity contribution in [3.8, 4) is 0 Å². The molecule has 0 fully saturated rings. The van der Waals surface area contributed by atoms with Crippen LogP contribution in [0.15, 0.2) is 6.20 Å². The van der Waals surface area contributed by atoms with Crippen LogP contribution in [-0.2, 0) is 11.3 Å². The number of nitrogens with zero attached hydrogens (tertiary/aromatic N) is 2. The molecule has 0 spiro atoms. The Morgan fingerprint density at radius 3 is 2.75 bits per heavy atom. The van der Waals surface area contributed by atoms with Crippen LogP contribution < -0.4 is 11.1 Å². The molecule has 0 aliphatic carbocycles. The van der Waals surface area contributed by atoms with Crippen LogP contribution in [0.1, 0.15) is 19.5 Å². The molecule has 6 heteroatoms. The van der Waals surface area contributed by atoms with Crippen molar-refractivity contribution in [1.82, 2.24) is 15.1 Å². The number of hydrogen-bond donors (Lipinski definition) is 2. The Kier molecular flexibility index (Phi) is 3.93. The van der Waals surface area contributed by atoms with Gasteiger partial charge >= 0.3 is 0 Å². The van der Waals surface area contributed by atoms with Crippen LogP contribution in [0.3, 0.4) is 0 Å². The third-order valence-electron chi connectivity index (χ3n) is 2.62. The second-order valence-corrected chi connectivity index (χ2v) is 4.37. The number of amides is 1. The number of halogens is 1. The van der Waals surface area contributed by atoms with Crippen molar-refractivity contribution in [3.63, 3.8) is 0 Å². The number of aromatic nitrogens is 2. The minimum absolute atomic E-state index is 0.370. The minimum atomic E-state index is -0.811. The molecule has 0 radical (unpaired) electrons. The summed E-state index contributed by atoms with van der Waals surface area (Å²) in [5, 5.41) is 7.75. The number of likely N-dealkylation sites (N-methyl/N-ethyl adjacent to an activating group) is 1. The van der Waals surface area contributed by atoms with Gasteiger partial charge in [-0.25, -0.2) is 0 Å². The standard InChI is InChI=1S/C10H17ClN4O/c1-4-13-10(3,9(12)16)6-15-7(2)8(11)5-14-15/h5,13H,4,6H2,1-3H3,(H2,12,16). The average molecular weight is 245 g/mol. The van der Waals surface area contributed by atoms with E-state index in [2.05, 4.69) is 10.4 Å². The fraction of sp³-hybridized carbons (Fsp3) is 0.600. The lowest BCUT2D eigenvalue weighted by atomic mass is 10.0. The summed E-state index contributed by atoms with van der Waals surface area (Å²) < 4.78 is 1.68. The smallest absolute Gasteiger partial charge is 0.239 e. The maximum Gasteiger partial charge on any atom is 0.239 e. The SMILES string of the molecule is CCNC(C)(Cn1ncc(Cl)c1C)C(N)=O. The maximum atomic E-state index is 11.4. The zero-order valence-electron chi connectivity index (χ0n) is 9.75. The largest absolute Gasteiger partial charge is 0.368 e. The van der Waals surface area contributed by atoms with E-state index >= 15 is 0 Å². The first-order valence-corrected chi connectivity index (χ1v) is 5.51. The average Bonchev–Trinajstić information content (AvgIpc) is 2.50. The van der Waals surface area contributed by atoms with Crippen LogP contribution >= 0.6 is 11.6 Å². The van der Waals surface area contributed by atoms with E-state index in [1.54, 1.807) is 17.8 Å². The molecule has 5 nitrogen and oxygen atoms in total. The molecule has 0 aromatic carbocycles. The zero-order valence-corrected chi connectivity index (χ0v) is 10.5. The highest BCUT2D eigenvalue weighted by atomic mass is 35.5. The lowest BCUT2D eigenvalue weighted by Crippen LogP contribution is -2.56. The predicted octanol–water partition coefficient (Wildman–Crippen LogP) is 0.698. The van der Waals surface area contributed by atoms with Crippen LogP contribution in [0.4, 0.5) is 0 Å². The molecule has 16 heavy (non-hydrogen) atoms. The van der Waals surface area contributed by atoms with Crippen molar-refractivity contribution in [1.29, 1.82) is 0 Å². The number of hydrogen-bond acceptors (Lipinski definition) is 3. The number of primary amides is 1. The lowest BCUT2D eigenvalue weighted by molar-refractivity contribution is -0.124. The summed E-state index contributed by atoms with van der Waals surface area (Å²) in [5.41, 5.74) is 5.40. The minimum Gasteiger partial charge on any atom is -0.368 e. The molecule has 0 saturated heterocycles. The number of rotatable bonds is 5. The van der Waals surface area contributed by atoms with Crippen molar-refractivity contribution < 1.29 is 4.79 Å². The van der Waals surface area contributed by atoms with Gasteiger partial charge in [-0.1, -0.05) is 18.5 Å². The number of carbonyl (C=O) groups excluding carboxylic acids is 1. The van der Waals surface area contributed by atoms with Crippen molar-refractivity contribution in [2.45, 2.75) is 32.9 Å². The molecule has 1 heterocycles. The molecular weight excluding hydrogens is 228 g/mol. The summed E-state index contributed by atoms with van der Waals surface area (Å²) >= 11 is 5.89. The van der Waals surface area contributed by atoms with E-state index in [9.17, 15) is 4.79 Å². The van der Waals surface area contributed by atoms with E-state index in [1.165, 1.54) is 0 Å². The quantitative estimate of drug-likeness (QED) is 0.801. The van der Waals surface area contributed by atoms with Crippen molar-refractivity contribution in [3.05, 3.63) is 16.9 Å². The van der Waals surface area contributed by atoms with Crippen molar-refractivity contribution in [2.75, 3.05) is 6.54 Å². The van der Waals surface area contributed by atoms with Gasteiger partial charge in [-0.15, -0.1) is 0 Å². The molecule has 1 aromatic heterocycles. The van der Waals surface area contributed by atoms with Crippen LogP contribution in [-0.4, -0.2) is 27.8 Å². The third kappa shape index (κ3) is 2.54. The van der Waals surface area contributed by atoms with Gasteiger partial charge in [-0.3, -0.25) is 9.48 Å². The fourth-order valence-corrected chi connectivity index (χ4v) is 1.63. The third-order valence-corrected chi connectivity index (χ3v) is 2.99. The van der Waals surface area contributed by atoms with E-state index in [4.69, 9.17) is 17.3 Å². The highest BCUT2D eigenvalue weighted by molar-refractivity contribution is 6.31. The van der Waals surface area contributed by atoms with Crippen LogP contribution in [0, 0.1) is 6.92 Å². The Labute approximate surface area is 99.9 Å². The number of nitrogens with one attached hydrogen (secondary N) is 1. The summed E-state index contributed by atoms with van der Waals surface area (Å²) in [6.45, 7) is 6.56. The summed E-state index contributed by atoms with van der Waals surface area (Å²) in [7, 11) is 0. The molecule has 1 rings (SSSR count). The molecule has 1 aromatic rings.